The first-order valence-corrected chi connectivity index (χ1v) is 7.51. The van der Waals surface area contributed by atoms with Gasteiger partial charge in [0.15, 0.2) is 0 Å². The lowest BCUT2D eigenvalue weighted by molar-refractivity contribution is 0.469. The molecule has 2 rings (SSSR count). The smallest absolute Gasteiger partial charge is 0.145 e. The zero-order valence-electron chi connectivity index (χ0n) is 13.3. The van der Waals surface area contributed by atoms with Gasteiger partial charge in [-0.05, 0) is 48.6 Å². The third-order valence-electron chi connectivity index (χ3n) is 3.60. The molecule has 1 atom stereocenters. The van der Waals surface area contributed by atoms with E-state index in [0.717, 1.165) is 23.6 Å². The number of aryl methyl sites for hydroxylation is 1. The van der Waals surface area contributed by atoms with Crippen LogP contribution in [-0.2, 0) is 0 Å². The summed E-state index contributed by atoms with van der Waals surface area (Å²) in [4.78, 5) is 4.39. The van der Waals surface area contributed by atoms with E-state index in [1.54, 1.807) is 6.20 Å². The molecule has 0 aliphatic carbocycles. The van der Waals surface area contributed by atoms with Crippen molar-refractivity contribution in [1.29, 1.82) is 0 Å². The molecule has 0 aliphatic rings. The second-order valence-corrected chi connectivity index (χ2v) is 5.73. The highest BCUT2D eigenvalue weighted by atomic mass is 16.5. The van der Waals surface area contributed by atoms with Crippen LogP contribution in [0.25, 0.3) is 0 Å². The Balaban J connectivity index is 2.24. The zero-order chi connectivity index (χ0) is 15.4. The maximum Gasteiger partial charge on any atom is 0.145 e. The fourth-order valence-electron chi connectivity index (χ4n) is 2.21. The molecule has 0 fully saturated rings. The van der Waals surface area contributed by atoms with E-state index in [4.69, 9.17) is 10.5 Å². The molecule has 3 nitrogen and oxygen atoms in total. The van der Waals surface area contributed by atoms with Crippen LogP contribution in [0.1, 0.15) is 56.0 Å². The highest BCUT2D eigenvalue weighted by molar-refractivity contribution is 5.41. The lowest BCUT2D eigenvalue weighted by Gasteiger charge is -2.15. The Labute approximate surface area is 127 Å². The Kier molecular flexibility index (Phi) is 4.97. The number of hydrogen-bond acceptors (Lipinski definition) is 3. The number of nitrogens with two attached hydrogens (primary N) is 1. The van der Waals surface area contributed by atoms with Crippen LogP contribution in [-0.4, -0.2) is 4.98 Å². The minimum absolute atomic E-state index is 0.00996. The quantitative estimate of drug-likeness (QED) is 0.864. The van der Waals surface area contributed by atoms with Gasteiger partial charge in [0, 0.05) is 6.04 Å². The van der Waals surface area contributed by atoms with E-state index in [9.17, 15) is 0 Å². The Morgan fingerprint density at radius 1 is 1.19 bits per heavy atom. The van der Waals surface area contributed by atoms with Crippen LogP contribution in [0.2, 0.25) is 0 Å². The highest BCUT2D eigenvalue weighted by Crippen LogP contribution is 2.31. The average Bonchev–Trinajstić information content (AvgIpc) is 2.47. The Morgan fingerprint density at radius 3 is 2.52 bits per heavy atom. The van der Waals surface area contributed by atoms with Crippen LogP contribution in [0.5, 0.6) is 11.5 Å². The number of nitrogens with zero attached hydrogens (tertiary/aromatic N) is 1. The molecule has 0 saturated carbocycles. The number of hydrogen-bond donors (Lipinski definition) is 1. The molecule has 0 saturated heterocycles. The van der Waals surface area contributed by atoms with Crippen molar-refractivity contribution in [1.82, 2.24) is 4.98 Å². The van der Waals surface area contributed by atoms with E-state index in [0.29, 0.717) is 5.92 Å². The van der Waals surface area contributed by atoms with Crippen LogP contribution in [0.15, 0.2) is 36.5 Å². The van der Waals surface area contributed by atoms with Gasteiger partial charge in [-0.3, -0.25) is 4.98 Å². The van der Waals surface area contributed by atoms with Gasteiger partial charge in [-0.25, -0.2) is 0 Å². The zero-order valence-corrected chi connectivity index (χ0v) is 13.3. The molecular formula is C18H24N2O. The summed E-state index contributed by atoms with van der Waals surface area (Å²) >= 11 is 0. The third-order valence-corrected chi connectivity index (χ3v) is 3.60. The highest BCUT2D eigenvalue weighted by Gasteiger charge is 2.10. The molecule has 0 aliphatic heterocycles. The molecule has 0 unspecified atom stereocenters. The van der Waals surface area contributed by atoms with Crippen LogP contribution >= 0.6 is 0 Å². The number of benzene rings is 1. The predicted octanol–water partition coefficient (Wildman–Crippen LogP) is 4.72. The second-order valence-electron chi connectivity index (χ2n) is 5.73. The fourth-order valence-corrected chi connectivity index (χ4v) is 2.21. The summed E-state index contributed by atoms with van der Waals surface area (Å²) in [5.74, 6) is 2.07. The number of rotatable bonds is 5. The van der Waals surface area contributed by atoms with E-state index < -0.39 is 0 Å². The molecule has 0 amide bonds. The van der Waals surface area contributed by atoms with Gasteiger partial charge in [-0.2, -0.15) is 0 Å². The topological polar surface area (TPSA) is 48.1 Å². The maximum absolute atomic E-state index is 6.02. The lowest BCUT2D eigenvalue weighted by atomic mass is 10.0. The van der Waals surface area contributed by atoms with Gasteiger partial charge in [0.1, 0.15) is 11.5 Å². The molecule has 1 heterocycles. The SMILES string of the molecule is CC[C@@H](N)c1ccc(Oc2cc(C)ccc2C(C)C)cn1. The van der Waals surface area contributed by atoms with Crippen molar-refractivity contribution < 1.29 is 4.74 Å². The van der Waals surface area contributed by atoms with Crippen molar-refractivity contribution in [3.63, 3.8) is 0 Å². The standard InChI is InChI=1S/C18H24N2O/c1-5-16(19)17-9-7-14(11-20-17)21-18-10-13(4)6-8-15(18)12(2)3/h6-12,16H,5,19H2,1-4H3/t16-/m1/s1. The van der Waals surface area contributed by atoms with Crippen molar-refractivity contribution in [3.05, 3.63) is 53.3 Å². The summed E-state index contributed by atoms with van der Waals surface area (Å²) in [6.07, 6.45) is 2.62. The van der Waals surface area contributed by atoms with Crippen molar-refractivity contribution in [3.8, 4) is 11.5 Å². The molecule has 3 heteroatoms. The molecule has 21 heavy (non-hydrogen) atoms. The van der Waals surface area contributed by atoms with Crippen molar-refractivity contribution in [2.75, 3.05) is 0 Å². The number of ether oxygens (including phenoxy) is 1. The van der Waals surface area contributed by atoms with Gasteiger partial charge >= 0.3 is 0 Å². The van der Waals surface area contributed by atoms with Gasteiger partial charge in [0.05, 0.1) is 11.9 Å². The van der Waals surface area contributed by atoms with Gasteiger partial charge in [-0.1, -0.05) is 32.9 Å². The normalized spacial score (nSPS) is 12.5. The van der Waals surface area contributed by atoms with Crippen molar-refractivity contribution >= 4 is 0 Å². The fraction of sp³-hybridized carbons (Fsp3) is 0.389. The number of aromatic nitrogens is 1. The van der Waals surface area contributed by atoms with Crippen LogP contribution in [0.3, 0.4) is 0 Å². The first-order chi connectivity index (χ1) is 10.0. The predicted molar refractivity (Wildman–Crippen MR) is 86.8 cm³/mol. The van der Waals surface area contributed by atoms with Gasteiger partial charge in [0.25, 0.3) is 0 Å². The van der Waals surface area contributed by atoms with E-state index in [1.165, 1.54) is 11.1 Å². The number of pyridine rings is 1. The average molecular weight is 284 g/mol. The summed E-state index contributed by atoms with van der Waals surface area (Å²) in [5.41, 5.74) is 9.27. The van der Waals surface area contributed by atoms with Gasteiger partial charge in [0.2, 0.25) is 0 Å². The molecule has 1 aromatic carbocycles. The Morgan fingerprint density at radius 2 is 1.95 bits per heavy atom. The monoisotopic (exact) mass is 284 g/mol. The molecule has 112 valence electrons. The Hall–Kier alpha value is -1.87. The summed E-state index contributed by atoms with van der Waals surface area (Å²) < 4.78 is 6.02. The summed E-state index contributed by atoms with van der Waals surface area (Å²) in [6, 6.07) is 10.2. The molecule has 0 radical (unpaired) electrons. The molecule has 2 aromatic rings. The first kappa shape index (κ1) is 15.5. The van der Waals surface area contributed by atoms with E-state index in [1.807, 2.05) is 12.1 Å². The molecule has 0 spiro atoms. The molecule has 0 bridgehead atoms. The summed E-state index contributed by atoms with van der Waals surface area (Å²) in [5, 5.41) is 0. The lowest BCUT2D eigenvalue weighted by Crippen LogP contribution is -2.10. The van der Waals surface area contributed by atoms with E-state index in [-0.39, 0.29) is 6.04 Å². The molecule has 1 aromatic heterocycles. The Bertz CT molecular complexity index is 591. The van der Waals surface area contributed by atoms with E-state index >= 15 is 0 Å². The second kappa shape index (κ2) is 6.72. The maximum atomic E-state index is 6.02. The largest absolute Gasteiger partial charge is 0.455 e. The first-order valence-electron chi connectivity index (χ1n) is 7.51. The van der Waals surface area contributed by atoms with Gasteiger partial charge < -0.3 is 10.5 Å². The summed E-state index contributed by atoms with van der Waals surface area (Å²) in [6.45, 7) is 8.45. The van der Waals surface area contributed by atoms with Crippen LogP contribution in [0.4, 0.5) is 0 Å². The van der Waals surface area contributed by atoms with Crippen LogP contribution < -0.4 is 10.5 Å². The minimum atomic E-state index is -0.00996. The van der Waals surface area contributed by atoms with Crippen LogP contribution in [0, 0.1) is 6.92 Å². The minimum Gasteiger partial charge on any atom is -0.455 e. The molecular weight excluding hydrogens is 260 g/mol. The molecule has 2 N–H and O–H groups in total. The third kappa shape index (κ3) is 3.82. The van der Waals surface area contributed by atoms with E-state index in [2.05, 4.69) is 50.9 Å². The van der Waals surface area contributed by atoms with Crippen molar-refractivity contribution in [2.24, 2.45) is 5.73 Å². The van der Waals surface area contributed by atoms with Gasteiger partial charge in [-0.15, -0.1) is 0 Å². The van der Waals surface area contributed by atoms with Crippen molar-refractivity contribution in [2.45, 2.75) is 46.1 Å². The summed E-state index contributed by atoms with van der Waals surface area (Å²) in [7, 11) is 0.